The SMILES string of the molecule is O=C1NC(=O)C2(CCCN(C(=O)C3CNC3)C2)N1. The molecule has 7 nitrogen and oxygen atoms in total. The van der Waals surface area contributed by atoms with E-state index in [1.807, 2.05) is 0 Å². The quantitative estimate of drug-likeness (QED) is 0.491. The van der Waals surface area contributed by atoms with E-state index in [1.165, 1.54) is 0 Å². The summed E-state index contributed by atoms with van der Waals surface area (Å²) >= 11 is 0. The largest absolute Gasteiger partial charge is 0.339 e. The molecule has 0 aliphatic carbocycles. The van der Waals surface area contributed by atoms with E-state index in [2.05, 4.69) is 16.0 Å². The Hall–Kier alpha value is -1.63. The summed E-state index contributed by atoms with van der Waals surface area (Å²) in [6, 6.07) is -0.459. The molecule has 3 heterocycles. The van der Waals surface area contributed by atoms with Gasteiger partial charge in [-0.3, -0.25) is 14.9 Å². The van der Waals surface area contributed by atoms with Gasteiger partial charge in [0.25, 0.3) is 5.91 Å². The summed E-state index contributed by atoms with van der Waals surface area (Å²) in [4.78, 5) is 36.9. The normalized spacial score (nSPS) is 32.1. The second-order valence-electron chi connectivity index (χ2n) is 5.21. The lowest BCUT2D eigenvalue weighted by molar-refractivity contribution is -0.141. The zero-order valence-corrected chi connectivity index (χ0v) is 9.99. The summed E-state index contributed by atoms with van der Waals surface area (Å²) in [6.07, 6.45) is 1.33. The summed E-state index contributed by atoms with van der Waals surface area (Å²) in [5.41, 5.74) is -0.901. The number of piperidine rings is 1. The lowest BCUT2D eigenvalue weighted by Gasteiger charge is -2.41. The van der Waals surface area contributed by atoms with Crippen molar-refractivity contribution in [2.75, 3.05) is 26.2 Å². The van der Waals surface area contributed by atoms with Crippen molar-refractivity contribution in [1.82, 2.24) is 20.9 Å². The zero-order chi connectivity index (χ0) is 12.8. The van der Waals surface area contributed by atoms with Crippen LogP contribution in [-0.2, 0) is 9.59 Å². The predicted octanol–water partition coefficient (Wildman–Crippen LogP) is -1.59. The molecule has 0 aromatic heterocycles. The molecule has 18 heavy (non-hydrogen) atoms. The van der Waals surface area contributed by atoms with Crippen LogP contribution in [-0.4, -0.2) is 54.5 Å². The molecule has 3 fully saturated rings. The topological polar surface area (TPSA) is 90.5 Å². The molecule has 0 aromatic carbocycles. The maximum absolute atomic E-state index is 12.2. The highest BCUT2D eigenvalue weighted by Crippen LogP contribution is 2.25. The van der Waals surface area contributed by atoms with E-state index in [0.29, 0.717) is 32.6 Å². The number of hydrogen-bond acceptors (Lipinski definition) is 4. The Morgan fingerprint density at radius 1 is 1.33 bits per heavy atom. The van der Waals surface area contributed by atoms with E-state index in [1.54, 1.807) is 4.90 Å². The molecule has 0 bridgehead atoms. The molecular weight excluding hydrogens is 236 g/mol. The highest BCUT2D eigenvalue weighted by atomic mass is 16.2. The van der Waals surface area contributed by atoms with Crippen molar-refractivity contribution in [2.45, 2.75) is 18.4 Å². The van der Waals surface area contributed by atoms with Gasteiger partial charge in [0.2, 0.25) is 5.91 Å². The Labute approximate surface area is 104 Å². The van der Waals surface area contributed by atoms with Crippen LogP contribution in [0, 0.1) is 5.92 Å². The lowest BCUT2D eigenvalue weighted by Crippen LogP contribution is -2.62. The molecule has 0 radical (unpaired) electrons. The van der Waals surface area contributed by atoms with Gasteiger partial charge in [0.1, 0.15) is 5.54 Å². The first kappa shape index (κ1) is 11.5. The molecule has 3 N–H and O–H groups in total. The molecule has 1 unspecified atom stereocenters. The van der Waals surface area contributed by atoms with Crippen LogP contribution in [0.3, 0.4) is 0 Å². The van der Waals surface area contributed by atoms with Gasteiger partial charge in [0, 0.05) is 19.6 Å². The molecule has 3 rings (SSSR count). The molecule has 3 saturated heterocycles. The third-order valence-electron chi connectivity index (χ3n) is 3.95. The number of carbonyl (C=O) groups excluding carboxylic acids is 3. The number of amides is 4. The average Bonchev–Trinajstić information content (AvgIpc) is 2.51. The first-order chi connectivity index (χ1) is 8.61. The number of likely N-dealkylation sites (tertiary alicyclic amines) is 1. The average molecular weight is 252 g/mol. The smallest absolute Gasteiger partial charge is 0.322 e. The number of urea groups is 1. The minimum atomic E-state index is -0.901. The zero-order valence-electron chi connectivity index (χ0n) is 9.99. The van der Waals surface area contributed by atoms with Crippen LogP contribution < -0.4 is 16.0 Å². The van der Waals surface area contributed by atoms with Crippen LogP contribution in [0.25, 0.3) is 0 Å². The van der Waals surface area contributed by atoms with E-state index >= 15 is 0 Å². The first-order valence-corrected chi connectivity index (χ1v) is 6.24. The Kier molecular flexibility index (Phi) is 2.51. The highest BCUT2D eigenvalue weighted by Gasteiger charge is 2.50. The summed E-state index contributed by atoms with van der Waals surface area (Å²) < 4.78 is 0. The fourth-order valence-corrected chi connectivity index (χ4v) is 2.78. The highest BCUT2D eigenvalue weighted by molar-refractivity contribution is 6.07. The molecule has 1 atom stereocenters. The van der Waals surface area contributed by atoms with Crippen molar-refractivity contribution < 1.29 is 14.4 Å². The van der Waals surface area contributed by atoms with Crippen molar-refractivity contribution in [3.05, 3.63) is 0 Å². The van der Waals surface area contributed by atoms with E-state index in [9.17, 15) is 14.4 Å². The first-order valence-electron chi connectivity index (χ1n) is 6.24. The number of carbonyl (C=O) groups is 3. The number of nitrogens with one attached hydrogen (secondary N) is 3. The maximum atomic E-state index is 12.2. The van der Waals surface area contributed by atoms with Gasteiger partial charge in [-0.15, -0.1) is 0 Å². The molecule has 3 aliphatic rings. The van der Waals surface area contributed by atoms with E-state index in [0.717, 1.165) is 6.42 Å². The van der Waals surface area contributed by atoms with Gasteiger partial charge < -0.3 is 15.5 Å². The van der Waals surface area contributed by atoms with Crippen molar-refractivity contribution in [3.8, 4) is 0 Å². The molecular formula is C11H16N4O3. The van der Waals surface area contributed by atoms with Gasteiger partial charge >= 0.3 is 6.03 Å². The number of nitrogens with zero attached hydrogens (tertiary/aromatic N) is 1. The third-order valence-corrected chi connectivity index (χ3v) is 3.95. The number of rotatable bonds is 1. The molecule has 1 spiro atoms. The summed E-state index contributed by atoms with van der Waals surface area (Å²) in [6.45, 7) is 2.38. The van der Waals surface area contributed by atoms with Gasteiger partial charge in [-0.1, -0.05) is 0 Å². The Morgan fingerprint density at radius 2 is 2.11 bits per heavy atom. The van der Waals surface area contributed by atoms with Gasteiger partial charge in [-0.25, -0.2) is 4.79 Å². The molecule has 3 aliphatic heterocycles. The Morgan fingerprint density at radius 3 is 2.67 bits per heavy atom. The van der Waals surface area contributed by atoms with Gasteiger partial charge in [-0.2, -0.15) is 0 Å². The van der Waals surface area contributed by atoms with E-state index in [-0.39, 0.29) is 17.7 Å². The number of imide groups is 1. The molecule has 4 amide bonds. The molecule has 0 aromatic rings. The minimum Gasteiger partial charge on any atom is -0.339 e. The number of hydrogen-bond donors (Lipinski definition) is 3. The summed E-state index contributed by atoms with van der Waals surface area (Å²) in [5.74, 6) is -0.196. The van der Waals surface area contributed by atoms with Crippen LogP contribution in [0.1, 0.15) is 12.8 Å². The maximum Gasteiger partial charge on any atom is 0.322 e. The van der Waals surface area contributed by atoms with Crippen molar-refractivity contribution in [3.63, 3.8) is 0 Å². The van der Waals surface area contributed by atoms with E-state index in [4.69, 9.17) is 0 Å². The van der Waals surface area contributed by atoms with Crippen molar-refractivity contribution in [1.29, 1.82) is 0 Å². The second-order valence-corrected chi connectivity index (χ2v) is 5.21. The van der Waals surface area contributed by atoms with Crippen molar-refractivity contribution in [2.24, 2.45) is 5.92 Å². The van der Waals surface area contributed by atoms with Crippen LogP contribution in [0.5, 0.6) is 0 Å². The second kappa shape index (κ2) is 3.94. The Balaban J connectivity index is 1.73. The Bertz CT molecular complexity index is 421. The molecule has 0 saturated carbocycles. The van der Waals surface area contributed by atoms with Crippen LogP contribution in [0.2, 0.25) is 0 Å². The van der Waals surface area contributed by atoms with Crippen LogP contribution >= 0.6 is 0 Å². The third kappa shape index (κ3) is 1.66. The minimum absolute atomic E-state index is 0.0281. The fourth-order valence-electron chi connectivity index (χ4n) is 2.78. The summed E-state index contributed by atoms with van der Waals surface area (Å²) in [7, 11) is 0. The van der Waals surface area contributed by atoms with Crippen LogP contribution in [0.4, 0.5) is 4.79 Å². The van der Waals surface area contributed by atoms with Crippen LogP contribution in [0.15, 0.2) is 0 Å². The monoisotopic (exact) mass is 252 g/mol. The summed E-state index contributed by atoms with van der Waals surface area (Å²) in [5, 5.41) is 7.99. The lowest BCUT2D eigenvalue weighted by atomic mass is 9.88. The van der Waals surface area contributed by atoms with Gasteiger partial charge in [0.05, 0.1) is 12.5 Å². The standard InChI is InChI=1S/C11H16N4O3/c16-8(7-4-12-5-7)15-3-1-2-11(6-15)9(17)13-10(18)14-11/h7,12H,1-6H2,(H2,13,14,17,18). The van der Waals surface area contributed by atoms with Gasteiger partial charge in [-0.05, 0) is 12.8 Å². The van der Waals surface area contributed by atoms with Gasteiger partial charge in [0.15, 0.2) is 0 Å². The van der Waals surface area contributed by atoms with Crippen molar-refractivity contribution >= 4 is 17.8 Å². The molecule has 98 valence electrons. The molecule has 7 heteroatoms. The van der Waals surface area contributed by atoms with E-state index < -0.39 is 11.6 Å². The fraction of sp³-hybridized carbons (Fsp3) is 0.727. The predicted molar refractivity (Wildman–Crippen MR) is 61.6 cm³/mol.